The van der Waals surface area contributed by atoms with Crippen LogP contribution in [0.1, 0.15) is 25.7 Å². The molecule has 0 fully saturated rings. The number of rotatable bonds is 7. The molecule has 0 saturated heterocycles. The van der Waals surface area contributed by atoms with Crippen molar-refractivity contribution in [1.29, 1.82) is 0 Å². The summed E-state index contributed by atoms with van der Waals surface area (Å²) in [5.41, 5.74) is 0. The van der Waals surface area contributed by atoms with Gasteiger partial charge in [0.25, 0.3) is 0 Å². The highest BCUT2D eigenvalue weighted by Gasteiger charge is 1.97. The predicted octanol–water partition coefficient (Wildman–Crippen LogP) is 2.79. The Labute approximate surface area is 99.6 Å². The van der Waals surface area contributed by atoms with Crippen LogP contribution in [0.25, 0.3) is 0 Å². The summed E-state index contributed by atoms with van der Waals surface area (Å²) in [7, 11) is 0. The van der Waals surface area contributed by atoms with E-state index in [1.54, 1.807) is 12.3 Å². The number of nitrogens with one attached hydrogen (secondary N) is 1. The first-order chi connectivity index (χ1) is 7.68. The number of carboxylic acid groups (broad SMARTS) is 1. The number of unbranched alkanes of at least 4 members (excludes halogenated alkanes) is 2. The Morgan fingerprint density at radius 1 is 1.38 bits per heavy atom. The molecule has 0 saturated carbocycles. The van der Waals surface area contributed by atoms with Gasteiger partial charge in [0.2, 0.25) is 0 Å². The maximum Gasteiger partial charge on any atom is 0.303 e. The van der Waals surface area contributed by atoms with E-state index in [4.69, 9.17) is 16.7 Å². The molecular formula is C11H15ClN2O2. The second-order valence-electron chi connectivity index (χ2n) is 3.49. The lowest BCUT2D eigenvalue weighted by Crippen LogP contribution is -2.03. The number of aliphatic carboxylic acids is 1. The fourth-order valence-corrected chi connectivity index (χ4v) is 1.39. The molecule has 2 N–H and O–H groups in total. The summed E-state index contributed by atoms with van der Waals surface area (Å²) < 4.78 is 0. The van der Waals surface area contributed by atoms with Crippen LogP contribution in [0, 0.1) is 0 Å². The Hall–Kier alpha value is -1.29. The average molecular weight is 243 g/mol. The Bertz CT molecular complexity index is 327. The van der Waals surface area contributed by atoms with E-state index in [0.717, 1.165) is 31.6 Å². The second-order valence-corrected chi connectivity index (χ2v) is 3.93. The number of pyridine rings is 1. The Morgan fingerprint density at radius 3 is 2.81 bits per heavy atom. The molecule has 5 heteroatoms. The summed E-state index contributed by atoms with van der Waals surface area (Å²) in [5, 5.41) is 12.2. The molecule has 0 atom stereocenters. The molecule has 0 amide bonds. The zero-order chi connectivity index (χ0) is 11.8. The third-order valence-corrected chi connectivity index (χ3v) is 2.32. The van der Waals surface area contributed by atoms with E-state index in [-0.39, 0.29) is 6.42 Å². The molecule has 0 unspecified atom stereocenters. The summed E-state index contributed by atoms with van der Waals surface area (Å²) in [6, 6.07) is 3.60. The summed E-state index contributed by atoms with van der Waals surface area (Å²) >= 11 is 5.70. The van der Waals surface area contributed by atoms with Crippen LogP contribution in [0.5, 0.6) is 0 Å². The smallest absolute Gasteiger partial charge is 0.303 e. The van der Waals surface area contributed by atoms with E-state index in [2.05, 4.69) is 10.3 Å². The molecular weight excluding hydrogens is 228 g/mol. The lowest BCUT2D eigenvalue weighted by Gasteiger charge is -2.04. The normalized spacial score (nSPS) is 10.1. The fourth-order valence-electron chi connectivity index (χ4n) is 1.27. The van der Waals surface area contributed by atoms with Crippen LogP contribution in [-0.2, 0) is 4.79 Å². The Kier molecular flexibility index (Phi) is 5.64. The van der Waals surface area contributed by atoms with Crippen LogP contribution < -0.4 is 5.32 Å². The predicted molar refractivity (Wildman–Crippen MR) is 63.8 cm³/mol. The molecule has 1 heterocycles. The van der Waals surface area contributed by atoms with Crippen molar-refractivity contribution in [3.8, 4) is 0 Å². The quantitative estimate of drug-likeness (QED) is 0.722. The van der Waals surface area contributed by atoms with E-state index < -0.39 is 5.97 Å². The SMILES string of the molecule is O=C(O)CCCCCNc1ccc(Cl)cn1. The van der Waals surface area contributed by atoms with E-state index in [1.807, 2.05) is 6.07 Å². The first kappa shape index (κ1) is 12.8. The molecule has 16 heavy (non-hydrogen) atoms. The highest BCUT2D eigenvalue weighted by molar-refractivity contribution is 6.30. The van der Waals surface area contributed by atoms with Crippen LogP contribution >= 0.6 is 11.6 Å². The highest BCUT2D eigenvalue weighted by atomic mass is 35.5. The van der Waals surface area contributed by atoms with Crippen molar-refractivity contribution >= 4 is 23.4 Å². The number of carbonyl (C=O) groups is 1. The van der Waals surface area contributed by atoms with E-state index in [1.165, 1.54) is 0 Å². The number of aromatic nitrogens is 1. The van der Waals surface area contributed by atoms with Crippen molar-refractivity contribution in [2.24, 2.45) is 0 Å². The largest absolute Gasteiger partial charge is 0.481 e. The van der Waals surface area contributed by atoms with Gasteiger partial charge in [0.05, 0.1) is 5.02 Å². The van der Waals surface area contributed by atoms with Gasteiger partial charge in [-0.1, -0.05) is 18.0 Å². The zero-order valence-corrected chi connectivity index (χ0v) is 9.70. The van der Waals surface area contributed by atoms with Gasteiger partial charge in [-0.15, -0.1) is 0 Å². The van der Waals surface area contributed by atoms with Crippen LogP contribution in [0.4, 0.5) is 5.82 Å². The van der Waals surface area contributed by atoms with Gasteiger partial charge >= 0.3 is 5.97 Å². The number of anilines is 1. The third kappa shape index (κ3) is 5.56. The maximum atomic E-state index is 10.2. The third-order valence-electron chi connectivity index (χ3n) is 2.10. The minimum absolute atomic E-state index is 0.249. The number of hydrogen-bond donors (Lipinski definition) is 2. The lowest BCUT2D eigenvalue weighted by molar-refractivity contribution is -0.137. The van der Waals surface area contributed by atoms with Gasteiger partial charge < -0.3 is 10.4 Å². The van der Waals surface area contributed by atoms with Crippen molar-refractivity contribution < 1.29 is 9.90 Å². The minimum atomic E-state index is -0.729. The van der Waals surface area contributed by atoms with Crippen LogP contribution in [0.2, 0.25) is 5.02 Å². The van der Waals surface area contributed by atoms with Crippen molar-refractivity contribution in [2.75, 3.05) is 11.9 Å². The van der Waals surface area contributed by atoms with Gasteiger partial charge in [-0.3, -0.25) is 4.79 Å². The summed E-state index contributed by atoms with van der Waals surface area (Å²) in [6.45, 7) is 0.800. The topological polar surface area (TPSA) is 62.2 Å². The van der Waals surface area contributed by atoms with Gasteiger partial charge in [0.1, 0.15) is 5.82 Å². The highest BCUT2D eigenvalue weighted by Crippen LogP contribution is 2.09. The van der Waals surface area contributed by atoms with Gasteiger partial charge in [-0.2, -0.15) is 0 Å². The molecule has 0 aromatic carbocycles. The Balaban J connectivity index is 2.07. The first-order valence-electron chi connectivity index (χ1n) is 5.25. The molecule has 0 bridgehead atoms. The van der Waals surface area contributed by atoms with E-state index >= 15 is 0 Å². The maximum absolute atomic E-state index is 10.2. The number of halogens is 1. The number of nitrogens with zero attached hydrogens (tertiary/aromatic N) is 1. The van der Waals surface area contributed by atoms with E-state index in [0.29, 0.717) is 5.02 Å². The van der Waals surface area contributed by atoms with Crippen LogP contribution in [-0.4, -0.2) is 22.6 Å². The van der Waals surface area contributed by atoms with Crippen LogP contribution in [0.15, 0.2) is 18.3 Å². The van der Waals surface area contributed by atoms with Crippen molar-refractivity contribution in [3.63, 3.8) is 0 Å². The number of hydrogen-bond acceptors (Lipinski definition) is 3. The lowest BCUT2D eigenvalue weighted by atomic mass is 10.2. The average Bonchev–Trinajstić information content (AvgIpc) is 2.25. The van der Waals surface area contributed by atoms with Gasteiger partial charge in [0.15, 0.2) is 0 Å². The van der Waals surface area contributed by atoms with E-state index in [9.17, 15) is 4.79 Å². The molecule has 0 radical (unpaired) electrons. The Morgan fingerprint density at radius 2 is 2.19 bits per heavy atom. The minimum Gasteiger partial charge on any atom is -0.481 e. The fraction of sp³-hybridized carbons (Fsp3) is 0.455. The molecule has 0 aliphatic carbocycles. The second kappa shape index (κ2) is 7.06. The monoisotopic (exact) mass is 242 g/mol. The summed E-state index contributed by atoms with van der Waals surface area (Å²) in [5.74, 6) is 0.0648. The molecule has 4 nitrogen and oxygen atoms in total. The molecule has 0 spiro atoms. The standard InChI is InChI=1S/C11H15ClN2O2/c12-9-5-6-10(14-8-9)13-7-3-1-2-4-11(15)16/h5-6,8H,1-4,7H2,(H,13,14)(H,15,16). The molecule has 1 aromatic rings. The zero-order valence-electron chi connectivity index (χ0n) is 8.95. The molecule has 0 aliphatic rings. The van der Waals surface area contributed by atoms with Gasteiger partial charge in [0, 0.05) is 19.2 Å². The van der Waals surface area contributed by atoms with Gasteiger partial charge in [-0.05, 0) is 25.0 Å². The van der Waals surface area contributed by atoms with Gasteiger partial charge in [-0.25, -0.2) is 4.98 Å². The molecule has 1 aromatic heterocycles. The summed E-state index contributed by atoms with van der Waals surface area (Å²) in [4.78, 5) is 14.3. The van der Waals surface area contributed by atoms with Crippen LogP contribution in [0.3, 0.4) is 0 Å². The van der Waals surface area contributed by atoms with Crippen molar-refractivity contribution in [3.05, 3.63) is 23.4 Å². The first-order valence-corrected chi connectivity index (χ1v) is 5.63. The number of carboxylic acids is 1. The molecule has 88 valence electrons. The van der Waals surface area contributed by atoms with Crippen molar-refractivity contribution in [2.45, 2.75) is 25.7 Å². The molecule has 0 aliphatic heterocycles. The molecule has 1 rings (SSSR count). The van der Waals surface area contributed by atoms with Crippen molar-refractivity contribution in [1.82, 2.24) is 4.98 Å². The summed E-state index contributed by atoms with van der Waals surface area (Å²) in [6.07, 6.45) is 4.42.